The van der Waals surface area contributed by atoms with E-state index in [9.17, 15) is 20.3 Å². The summed E-state index contributed by atoms with van der Waals surface area (Å²) in [7, 11) is 0. The molecule has 6 N–H and O–H groups in total. The average Bonchev–Trinajstić information content (AvgIpc) is 3.21. The van der Waals surface area contributed by atoms with Crippen LogP contribution in [0.4, 0.5) is 8.78 Å². The van der Waals surface area contributed by atoms with Crippen molar-refractivity contribution in [2.24, 2.45) is 5.41 Å². The number of aliphatic hydroxyl groups excluding tert-OH is 1. The molecule has 8 nitrogen and oxygen atoms in total. The highest BCUT2D eigenvalue weighted by Crippen LogP contribution is 2.53. The zero-order valence-corrected chi connectivity index (χ0v) is 26.0. The van der Waals surface area contributed by atoms with E-state index in [1.165, 1.54) is 42.6 Å². The van der Waals surface area contributed by atoms with Crippen LogP contribution >= 0.6 is 23.2 Å². The molecule has 0 bridgehead atoms. The van der Waals surface area contributed by atoms with Crippen LogP contribution in [-0.4, -0.2) is 52.8 Å². The van der Waals surface area contributed by atoms with Crippen LogP contribution in [0.2, 0.25) is 10.0 Å². The quantitative estimate of drug-likeness (QED) is 0.153. The number of benzene rings is 2. The van der Waals surface area contributed by atoms with Gasteiger partial charge >= 0.3 is 0 Å². The predicted octanol–water partition coefficient (Wildman–Crippen LogP) is 4.92. The number of carbonyl (C=O) groups is 1. The van der Waals surface area contributed by atoms with Crippen LogP contribution in [0.1, 0.15) is 57.6 Å². The molecule has 2 aromatic rings. The van der Waals surface area contributed by atoms with Crippen molar-refractivity contribution in [3.63, 3.8) is 0 Å². The molecular formula is C31H37Cl2F2N5O3. The van der Waals surface area contributed by atoms with Crippen LogP contribution < -0.4 is 16.0 Å². The first kappa shape index (κ1) is 34.4. The lowest BCUT2D eigenvalue weighted by Gasteiger charge is -2.38. The Morgan fingerprint density at radius 3 is 2.53 bits per heavy atom. The summed E-state index contributed by atoms with van der Waals surface area (Å²) in [5.74, 6) is -4.03. The monoisotopic (exact) mass is 635 g/mol. The van der Waals surface area contributed by atoms with Gasteiger partial charge in [0.05, 0.1) is 22.7 Å². The summed E-state index contributed by atoms with van der Waals surface area (Å²) in [4.78, 5) is 13.8. The van der Waals surface area contributed by atoms with Gasteiger partial charge in [0.15, 0.2) is 0 Å². The van der Waals surface area contributed by atoms with Gasteiger partial charge in [0, 0.05) is 41.9 Å². The first-order chi connectivity index (χ1) is 20.1. The fourth-order valence-electron chi connectivity index (χ4n) is 5.60. The summed E-state index contributed by atoms with van der Waals surface area (Å²) < 4.78 is 31.5. The number of aliphatic hydroxyl groups is 2. The van der Waals surface area contributed by atoms with Gasteiger partial charge in [-0.3, -0.25) is 10.2 Å². The lowest BCUT2D eigenvalue weighted by molar-refractivity contribution is -0.121. The maximum atomic E-state index is 15.8. The maximum Gasteiger partial charge on any atom is 0.243 e. The molecule has 0 aromatic heterocycles. The van der Waals surface area contributed by atoms with Gasteiger partial charge in [-0.2, -0.15) is 5.26 Å². The largest absolute Gasteiger partial charge is 0.396 e. The lowest BCUT2D eigenvalue weighted by atomic mass is 9.62. The molecule has 232 valence electrons. The molecule has 3 rings (SSSR count). The van der Waals surface area contributed by atoms with Crippen molar-refractivity contribution in [2.45, 2.75) is 69.6 Å². The fourth-order valence-corrected chi connectivity index (χ4v) is 5.95. The number of rotatable bonds is 11. The van der Waals surface area contributed by atoms with Crippen LogP contribution in [-0.2, 0) is 10.2 Å². The smallest absolute Gasteiger partial charge is 0.243 e. The van der Waals surface area contributed by atoms with Crippen LogP contribution in [0.5, 0.6) is 0 Å². The van der Waals surface area contributed by atoms with E-state index in [-0.39, 0.29) is 46.6 Å². The third kappa shape index (κ3) is 7.91. The Bertz CT molecular complexity index is 1420. The summed E-state index contributed by atoms with van der Waals surface area (Å²) >= 11 is 12.2. The van der Waals surface area contributed by atoms with Gasteiger partial charge in [-0.1, -0.05) is 55.2 Å². The molecule has 1 heterocycles. The molecule has 0 unspecified atom stereocenters. The second-order valence-corrected chi connectivity index (χ2v) is 13.0. The molecule has 1 saturated heterocycles. The molecule has 1 fully saturated rings. The molecule has 4 atom stereocenters. The minimum absolute atomic E-state index is 0.0765. The Morgan fingerprint density at radius 2 is 1.93 bits per heavy atom. The number of hydrogen-bond donors (Lipinski definition) is 6. The van der Waals surface area contributed by atoms with E-state index in [1.54, 1.807) is 13.8 Å². The van der Waals surface area contributed by atoms with Crippen molar-refractivity contribution in [3.8, 4) is 6.07 Å². The Balaban J connectivity index is 2.18. The molecular weight excluding hydrogens is 599 g/mol. The fraction of sp³-hybridized carbons (Fsp3) is 0.452. The number of hydrogen-bond acceptors (Lipinski definition) is 7. The summed E-state index contributed by atoms with van der Waals surface area (Å²) in [6.07, 6.45) is 3.20. The summed E-state index contributed by atoms with van der Waals surface area (Å²) in [6.45, 7) is 6.99. The molecule has 0 aliphatic carbocycles. The van der Waals surface area contributed by atoms with E-state index in [4.69, 9.17) is 28.6 Å². The highest BCUT2D eigenvalue weighted by Gasteiger charge is 2.61. The zero-order valence-electron chi connectivity index (χ0n) is 24.4. The van der Waals surface area contributed by atoms with Gasteiger partial charge in [-0.15, -0.1) is 0 Å². The van der Waals surface area contributed by atoms with E-state index in [0.717, 1.165) is 6.07 Å². The van der Waals surface area contributed by atoms with Crippen molar-refractivity contribution in [1.29, 1.82) is 10.7 Å². The number of nitrogens with zero attached hydrogens (tertiary/aromatic N) is 1. The number of nitriles is 1. The number of nitrogens with one attached hydrogen (secondary N) is 4. The van der Waals surface area contributed by atoms with Crippen molar-refractivity contribution >= 4 is 34.9 Å². The summed E-state index contributed by atoms with van der Waals surface area (Å²) in [5, 5.41) is 47.1. The van der Waals surface area contributed by atoms with E-state index in [2.05, 4.69) is 22.0 Å². The minimum atomic E-state index is -1.85. The average molecular weight is 637 g/mol. The molecule has 0 spiro atoms. The van der Waals surface area contributed by atoms with E-state index in [1.807, 2.05) is 13.8 Å². The molecule has 1 aliphatic heterocycles. The molecule has 43 heavy (non-hydrogen) atoms. The lowest BCUT2D eigenvalue weighted by Crippen LogP contribution is -2.47. The molecule has 0 radical (unpaired) electrons. The Labute approximate surface area is 260 Å². The van der Waals surface area contributed by atoms with E-state index < -0.39 is 52.0 Å². The Hall–Kier alpha value is -3.07. The van der Waals surface area contributed by atoms with Crippen molar-refractivity contribution in [3.05, 3.63) is 81.5 Å². The molecule has 12 heteroatoms. The molecule has 1 amide bonds. The molecule has 2 aromatic carbocycles. The second kappa shape index (κ2) is 13.7. The first-order valence-corrected chi connectivity index (χ1v) is 14.5. The van der Waals surface area contributed by atoms with Gasteiger partial charge in [0.1, 0.15) is 22.9 Å². The topological polar surface area (TPSA) is 141 Å². The Morgan fingerprint density at radius 1 is 1.23 bits per heavy atom. The van der Waals surface area contributed by atoms with Crippen LogP contribution in [0, 0.1) is 33.8 Å². The van der Waals surface area contributed by atoms with Crippen molar-refractivity contribution < 1.29 is 23.8 Å². The SMILES string of the molecule is CC(C)(O)CN/C=C\C(=N)NC(=O)[C@@H]1N[C@@H](CC(C)(C)CCO)[C@](C#N)(c2ccc(Cl)cc2F)[C@H]1c1cccc(Cl)c1F. The standard InChI is InChI=1S/C31H37Cl2F2N5O3/c1-29(2,11-13-41)15-23-31(16-36,20-9-8-18(32)14-22(20)34)25(19-6-5-7-21(33)26(19)35)27(39-23)28(42)40-24(37)10-12-38-17-30(3,4)43/h5-10,12,14,23,25,27,38-39,41,43H,11,13,15,17H2,1-4H3,(H2,37,40,42)/b12-10-/t23-,25-,27+,31-/m0/s1. The van der Waals surface area contributed by atoms with E-state index in [0.29, 0.717) is 6.42 Å². The number of carbonyl (C=O) groups excluding carboxylic acids is 1. The molecule has 1 aliphatic rings. The third-order valence-electron chi connectivity index (χ3n) is 7.62. The minimum Gasteiger partial charge on any atom is -0.396 e. The van der Waals surface area contributed by atoms with Gasteiger partial charge in [-0.05, 0) is 61.9 Å². The van der Waals surface area contributed by atoms with Crippen molar-refractivity contribution in [1.82, 2.24) is 16.0 Å². The van der Waals surface area contributed by atoms with Gasteiger partial charge in [0.2, 0.25) is 5.91 Å². The molecule has 0 saturated carbocycles. The van der Waals surface area contributed by atoms with E-state index >= 15 is 8.78 Å². The third-order valence-corrected chi connectivity index (χ3v) is 8.15. The van der Waals surface area contributed by atoms with Gasteiger partial charge < -0.3 is 26.2 Å². The normalized spacial score (nSPS) is 22.4. The maximum absolute atomic E-state index is 15.8. The van der Waals surface area contributed by atoms with Gasteiger partial charge in [-0.25, -0.2) is 8.78 Å². The van der Waals surface area contributed by atoms with Crippen LogP contribution in [0.15, 0.2) is 48.7 Å². The van der Waals surface area contributed by atoms with Crippen LogP contribution in [0.3, 0.4) is 0 Å². The number of amidine groups is 1. The Kier molecular flexibility index (Phi) is 11.0. The highest BCUT2D eigenvalue weighted by atomic mass is 35.5. The summed E-state index contributed by atoms with van der Waals surface area (Å²) in [6, 6.07) is 8.11. The highest BCUT2D eigenvalue weighted by molar-refractivity contribution is 6.31. The van der Waals surface area contributed by atoms with Crippen molar-refractivity contribution in [2.75, 3.05) is 13.2 Å². The predicted molar refractivity (Wildman–Crippen MR) is 163 cm³/mol. The van der Waals surface area contributed by atoms with Gasteiger partial charge in [0.25, 0.3) is 0 Å². The zero-order chi connectivity index (χ0) is 32.2. The second-order valence-electron chi connectivity index (χ2n) is 12.2. The number of halogens is 4. The van der Waals surface area contributed by atoms with Crippen LogP contribution in [0.25, 0.3) is 0 Å². The summed E-state index contributed by atoms with van der Waals surface area (Å²) in [5.41, 5.74) is -3.59. The first-order valence-electron chi connectivity index (χ1n) is 13.8. The number of amides is 1.